The summed E-state index contributed by atoms with van der Waals surface area (Å²) >= 11 is 0. The van der Waals surface area contributed by atoms with Gasteiger partial charge >= 0.3 is 0 Å². The summed E-state index contributed by atoms with van der Waals surface area (Å²) < 4.78 is 19.1. The monoisotopic (exact) mass is 282 g/mol. The molecule has 1 aromatic heterocycles. The number of hydrogen-bond donors (Lipinski definition) is 1. The van der Waals surface area contributed by atoms with Crippen molar-refractivity contribution in [2.24, 2.45) is 0 Å². The van der Waals surface area contributed by atoms with Crippen molar-refractivity contribution >= 4 is 5.95 Å². The molecule has 0 aromatic carbocycles. The van der Waals surface area contributed by atoms with Gasteiger partial charge in [0.2, 0.25) is 11.8 Å². The summed E-state index contributed by atoms with van der Waals surface area (Å²) in [5, 5.41) is 3.02. The summed E-state index contributed by atoms with van der Waals surface area (Å²) in [6.07, 6.45) is 5.44. The fourth-order valence-electron chi connectivity index (χ4n) is 2.41. The summed E-state index contributed by atoms with van der Waals surface area (Å²) in [5.41, 5.74) is 0. The van der Waals surface area contributed by atoms with Crippen LogP contribution < -0.4 is 10.1 Å². The highest BCUT2D eigenvalue weighted by atomic mass is 19.1. The Kier molecular flexibility index (Phi) is 5.52. The number of likely N-dealkylation sites (tertiary alicyclic amines) is 1. The van der Waals surface area contributed by atoms with E-state index in [1.807, 2.05) is 6.92 Å². The SMILES string of the molecule is CCCNc1ncc(F)c(OCCC2CCCN2C)n1. The molecule has 1 saturated heterocycles. The number of rotatable bonds is 7. The van der Waals surface area contributed by atoms with Crippen LogP contribution in [0.2, 0.25) is 0 Å². The Morgan fingerprint density at radius 2 is 2.40 bits per heavy atom. The van der Waals surface area contributed by atoms with Gasteiger partial charge in [0.1, 0.15) is 0 Å². The minimum atomic E-state index is -0.508. The lowest BCUT2D eigenvalue weighted by Crippen LogP contribution is -2.26. The molecule has 0 aliphatic carbocycles. The van der Waals surface area contributed by atoms with Crippen molar-refractivity contribution in [2.45, 2.75) is 38.6 Å². The van der Waals surface area contributed by atoms with Gasteiger partial charge in [0.15, 0.2) is 0 Å². The lowest BCUT2D eigenvalue weighted by atomic mass is 10.1. The van der Waals surface area contributed by atoms with Crippen molar-refractivity contribution in [3.8, 4) is 5.88 Å². The molecule has 0 bridgehead atoms. The topological polar surface area (TPSA) is 50.3 Å². The second kappa shape index (κ2) is 7.38. The Labute approximate surface area is 119 Å². The Morgan fingerprint density at radius 3 is 3.10 bits per heavy atom. The van der Waals surface area contributed by atoms with Gasteiger partial charge in [0.25, 0.3) is 5.88 Å². The largest absolute Gasteiger partial charge is 0.475 e. The Balaban J connectivity index is 1.84. The highest BCUT2D eigenvalue weighted by Gasteiger charge is 2.20. The molecular formula is C14H23FN4O. The molecule has 5 nitrogen and oxygen atoms in total. The predicted octanol–water partition coefficient (Wildman–Crippen LogP) is 2.30. The maximum Gasteiger partial charge on any atom is 0.255 e. The van der Waals surface area contributed by atoms with Gasteiger partial charge in [-0.1, -0.05) is 6.92 Å². The fourth-order valence-corrected chi connectivity index (χ4v) is 2.41. The molecule has 20 heavy (non-hydrogen) atoms. The summed E-state index contributed by atoms with van der Waals surface area (Å²) in [5.74, 6) is -0.0488. The third-order valence-electron chi connectivity index (χ3n) is 3.61. The molecule has 0 saturated carbocycles. The molecule has 2 heterocycles. The van der Waals surface area contributed by atoms with Crippen LogP contribution in [0.5, 0.6) is 5.88 Å². The third-order valence-corrected chi connectivity index (χ3v) is 3.61. The zero-order valence-corrected chi connectivity index (χ0v) is 12.2. The van der Waals surface area contributed by atoms with Crippen LogP contribution in [0.3, 0.4) is 0 Å². The molecule has 1 unspecified atom stereocenters. The number of anilines is 1. The van der Waals surface area contributed by atoms with Crippen LogP contribution in [0.1, 0.15) is 32.6 Å². The molecule has 1 aliphatic heterocycles. The molecule has 1 aromatic rings. The zero-order valence-electron chi connectivity index (χ0n) is 12.2. The molecule has 2 rings (SSSR count). The summed E-state index contributed by atoms with van der Waals surface area (Å²) in [6, 6.07) is 0.539. The molecule has 1 N–H and O–H groups in total. The standard InChI is InChI=1S/C14H23FN4O/c1-3-7-16-14-17-10-12(15)13(18-14)20-9-6-11-5-4-8-19(11)2/h10-11H,3-9H2,1-2H3,(H,16,17,18). The maximum absolute atomic E-state index is 13.6. The molecule has 6 heteroatoms. The average molecular weight is 282 g/mol. The molecule has 0 spiro atoms. The zero-order chi connectivity index (χ0) is 14.4. The molecule has 1 aliphatic rings. The normalized spacial score (nSPS) is 19.2. The van der Waals surface area contributed by atoms with Crippen LogP contribution >= 0.6 is 0 Å². The minimum absolute atomic E-state index is 0.0410. The maximum atomic E-state index is 13.6. The van der Waals surface area contributed by atoms with Crippen molar-refractivity contribution in [3.05, 3.63) is 12.0 Å². The molecule has 0 radical (unpaired) electrons. The van der Waals surface area contributed by atoms with Gasteiger partial charge < -0.3 is 15.0 Å². The Morgan fingerprint density at radius 1 is 1.55 bits per heavy atom. The summed E-state index contributed by atoms with van der Waals surface area (Å²) in [6.45, 7) is 4.43. The molecule has 112 valence electrons. The van der Waals surface area contributed by atoms with E-state index in [-0.39, 0.29) is 5.88 Å². The number of nitrogens with one attached hydrogen (secondary N) is 1. The van der Waals surface area contributed by atoms with Gasteiger partial charge in [-0.05, 0) is 39.3 Å². The van der Waals surface area contributed by atoms with Gasteiger partial charge in [0.05, 0.1) is 12.8 Å². The van der Waals surface area contributed by atoms with E-state index in [1.165, 1.54) is 12.8 Å². The van der Waals surface area contributed by atoms with Crippen molar-refractivity contribution in [2.75, 3.05) is 32.1 Å². The van der Waals surface area contributed by atoms with Crippen LogP contribution in [-0.2, 0) is 0 Å². The molecule has 1 atom stereocenters. The quantitative estimate of drug-likeness (QED) is 0.831. The van der Waals surface area contributed by atoms with E-state index in [2.05, 4.69) is 27.2 Å². The molecule has 1 fully saturated rings. The highest BCUT2D eigenvalue weighted by molar-refractivity contribution is 5.28. The lowest BCUT2D eigenvalue weighted by molar-refractivity contribution is 0.222. The number of ether oxygens (including phenoxy) is 1. The fraction of sp³-hybridized carbons (Fsp3) is 0.714. The second-order valence-electron chi connectivity index (χ2n) is 5.19. The summed E-state index contributed by atoms with van der Waals surface area (Å²) in [7, 11) is 2.12. The lowest BCUT2D eigenvalue weighted by Gasteiger charge is -2.19. The number of hydrogen-bond acceptors (Lipinski definition) is 5. The van der Waals surface area contributed by atoms with E-state index in [1.54, 1.807) is 0 Å². The van der Waals surface area contributed by atoms with E-state index in [0.717, 1.165) is 32.1 Å². The van der Waals surface area contributed by atoms with E-state index in [0.29, 0.717) is 18.6 Å². The van der Waals surface area contributed by atoms with Crippen LogP contribution in [0.15, 0.2) is 6.20 Å². The van der Waals surface area contributed by atoms with Gasteiger partial charge in [0, 0.05) is 12.6 Å². The van der Waals surface area contributed by atoms with E-state index in [9.17, 15) is 4.39 Å². The predicted molar refractivity (Wildman–Crippen MR) is 76.5 cm³/mol. The van der Waals surface area contributed by atoms with Gasteiger partial charge in [-0.3, -0.25) is 0 Å². The van der Waals surface area contributed by atoms with Crippen molar-refractivity contribution in [1.29, 1.82) is 0 Å². The second-order valence-corrected chi connectivity index (χ2v) is 5.19. The van der Waals surface area contributed by atoms with Crippen molar-refractivity contribution in [3.63, 3.8) is 0 Å². The smallest absolute Gasteiger partial charge is 0.255 e. The van der Waals surface area contributed by atoms with E-state index < -0.39 is 5.82 Å². The number of aromatic nitrogens is 2. The third kappa shape index (κ3) is 4.03. The first kappa shape index (κ1) is 15.0. The first-order valence-corrected chi connectivity index (χ1v) is 7.30. The minimum Gasteiger partial charge on any atom is -0.475 e. The Bertz CT molecular complexity index is 430. The van der Waals surface area contributed by atoms with Crippen LogP contribution in [0.4, 0.5) is 10.3 Å². The first-order valence-electron chi connectivity index (χ1n) is 7.30. The highest BCUT2D eigenvalue weighted by Crippen LogP contribution is 2.19. The average Bonchev–Trinajstić information content (AvgIpc) is 2.85. The van der Waals surface area contributed by atoms with Gasteiger partial charge in [-0.2, -0.15) is 9.37 Å². The molecular weight excluding hydrogens is 259 g/mol. The number of halogens is 1. The van der Waals surface area contributed by atoms with Crippen molar-refractivity contribution in [1.82, 2.24) is 14.9 Å². The van der Waals surface area contributed by atoms with Gasteiger partial charge in [-0.25, -0.2) is 4.98 Å². The van der Waals surface area contributed by atoms with E-state index >= 15 is 0 Å². The van der Waals surface area contributed by atoms with Crippen LogP contribution in [0.25, 0.3) is 0 Å². The first-order chi connectivity index (χ1) is 9.70. The molecule has 0 amide bonds. The van der Waals surface area contributed by atoms with Crippen LogP contribution in [0, 0.1) is 5.82 Å². The van der Waals surface area contributed by atoms with Gasteiger partial charge in [-0.15, -0.1) is 0 Å². The number of nitrogens with zero attached hydrogens (tertiary/aromatic N) is 3. The van der Waals surface area contributed by atoms with Crippen LogP contribution in [-0.4, -0.2) is 47.7 Å². The van der Waals surface area contributed by atoms with E-state index in [4.69, 9.17) is 4.74 Å². The van der Waals surface area contributed by atoms with Crippen molar-refractivity contribution < 1.29 is 9.13 Å². The Hall–Kier alpha value is -1.43. The summed E-state index contributed by atoms with van der Waals surface area (Å²) in [4.78, 5) is 10.3.